The minimum Gasteiger partial charge on any atom is -0.497 e. The van der Waals surface area contributed by atoms with Gasteiger partial charge in [0.05, 0.1) is 26.3 Å². The maximum atomic E-state index is 12.5. The molecular weight excluding hydrogens is 420 g/mol. The molecule has 2 aliphatic rings. The number of carbonyl (C=O) groups excluding carboxylic acids is 1. The summed E-state index contributed by atoms with van der Waals surface area (Å²) >= 11 is 0. The Morgan fingerprint density at radius 3 is 2.55 bits per heavy atom. The predicted molar refractivity (Wildman–Crippen MR) is 122 cm³/mol. The predicted octanol–water partition coefficient (Wildman–Crippen LogP) is 2.92. The van der Waals surface area contributed by atoms with Crippen LogP contribution in [0.15, 0.2) is 48.8 Å². The third-order valence-corrected chi connectivity index (χ3v) is 6.72. The molecule has 0 aliphatic carbocycles. The van der Waals surface area contributed by atoms with Gasteiger partial charge in [-0.1, -0.05) is 6.07 Å². The van der Waals surface area contributed by atoms with Crippen molar-refractivity contribution in [2.45, 2.75) is 31.5 Å². The molecule has 1 spiro atoms. The SMILES string of the molecule is COC(=O)N1Cc2nnc(-c3ccc(OC)cc3)n2C2(CCN(Cc3cccnc3)CC2)C1. The molecule has 0 N–H and O–H groups in total. The zero-order valence-corrected chi connectivity index (χ0v) is 19.0. The Hall–Kier alpha value is -3.46. The molecule has 5 rings (SSSR count). The van der Waals surface area contributed by atoms with Crippen molar-refractivity contribution < 1.29 is 14.3 Å². The summed E-state index contributed by atoms with van der Waals surface area (Å²) in [5.74, 6) is 2.42. The number of fused-ring (bicyclic) bond motifs is 2. The van der Waals surface area contributed by atoms with Gasteiger partial charge in [0.1, 0.15) is 5.75 Å². The van der Waals surface area contributed by atoms with Crippen molar-refractivity contribution in [1.82, 2.24) is 29.5 Å². The molecule has 2 aliphatic heterocycles. The van der Waals surface area contributed by atoms with Crippen LogP contribution < -0.4 is 4.74 Å². The number of rotatable bonds is 4. The Kier molecular flexibility index (Phi) is 5.72. The summed E-state index contributed by atoms with van der Waals surface area (Å²) in [5.41, 5.74) is 1.90. The Labute approximate surface area is 193 Å². The van der Waals surface area contributed by atoms with Crippen LogP contribution in [-0.4, -0.2) is 69.5 Å². The number of benzene rings is 1. The van der Waals surface area contributed by atoms with E-state index >= 15 is 0 Å². The van der Waals surface area contributed by atoms with E-state index in [1.807, 2.05) is 36.5 Å². The molecular formula is C24H28N6O3. The van der Waals surface area contributed by atoms with Gasteiger partial charge in [-0.3, -0.25) is 14.8 Å². The molecule has 4 heterocycles. The molecule has 0 bridgehead atoms. The highest BCUT2D eigenvalue weighted by Gasteiger charge is 2.45. The first-order valence-corrected chi connectivity index (χ1v) is 11.2. The van der Waals surface area contributed by atoms with Crippen LogP contribution in [0.4, 0.5) is 4.79 Å². The van der Waals surface area contributed by atoms with Gasteiger partial charge in [0.2, 0.25) is 0 Å². The van der Waals surface area contributed by atoms with Gasteiger partial charge < -0.3 is 14.0 Å². The average molecular weight is 449 g/mol. The second kappa shape index (κ2) is 8.82. The smallest absolute Gasteiger partial charge is 0.409 e. The van der Waals surface area contributed by atoms with Crippen molar-refractivity contribution in [3.05, 3.63) is 60.2 Å². The maximum absolute atomic E-state index is 12.5. The van der Waals surface area contributed by atoms with Gasteiger partial charge in [-0.05, 0) is 48.7 Å². The zero-order chi connectivity index (χ0) is 22.8. The minimum absolute atomic E-state index is 0.286. The van der Waals surface area contributed by atoms with Gasteiger partial charge in [0.25, 0.3) is 0 Å². The number of amides is 1. The number of methoxy groups -OCH3 is 2. The van der Waals surface area contributed by atoms with Crippen LogP contribution in [-0.2, 0) is 23.4 Å². The lowest BCUT2D eigenvalue weighted by atomic mass is 9.84. The summed E-state index contributed by atoms with van der Waals surface area (Å²) in [6.45, 7) is 3.64. The number of nitrogens with zero attached hydrogens (tertiary/aromatic N) is 6. The summed E-state index contributed by atoms with van der Waals surface area (Å²) in [6.07, 6.45) is 5.16. The number of pyridine rings is 1. The maximum Gasteiger partial charge on any atom is 0.409 e. The molecule has 3 aromatic rings. The second-order valence-electron chi connectivity index (χ2n) is 8.69. The fourth-order valence-electron chi connectivity index (χ4n) is 5.01. The van der Waals surface area contributed by atoms with E-state index in [2.05, 4.69) is 30.7 Å². The highest BCUT2D eigenvalue weighted by atomic mass is 16.5. The van der Waals surface area contributed by atoms with E-state index in [-0.39, 0.29) is 11.6 Å². The van der Waals surface area contributed by atoms with Crippen molar-refractivity contribution in [2.24, 2.45) is 0 Å². The topological polar surface area (TPSA) is 85.6 Å². The van der Waals surface area contributed by atoms with E-state index in [1.165, 1.54) is 12.7 Å². The number of ether oxygens (including phenoxy) is 2. The van der Waals surface area contributed by atoms with E-state index in [9.17, 15) is 4.79 Å². The number of likely N-dealkylation sites (tertiary alicyclic amines) is 1. The van der Waals surface area contributed by atoms with Gasteiger partial charge >= 0.3 is 6.09 Å². The summed E-state index contributed by atoms with van der Waals surface area (Å²) in [4.78, 5) is 20.9. The molecule has 2 aromatic heterocycles. The molecule has 0 radical (unpaired) electrons. The fourth-order valence-corrected chi connectivity index (χ4v) is 5.01. The molecule has 0 atom stereocenters. The van der Waals surface area contributed by atoms with E-state index in [0.29, 0.717) is 13.1 Å². The number of piperidine rings is 1. The van der Waals surface area contributed by atoms with Crippen LogP contribution in [0.2, 0.25) is 0 Å². The second-order valence-corrected chi connectivity index (χ2v) is 8.69. The molecule has 0 unspecified atom stereocenters. The monoisotopic (exact) mass is 448 g/mol. The Morgan fingerprint density at radius 2 is 1.88 bits per heavy atom. The molecule has 1 saturated heterocycles. The number of hydrogen-bond donors (Lipinski definition) is 0. The molecule has 172 valence electrons. The molecule has 0 saturated carbocycles. The van der Waals surface area contributed by atoms with Gasteiger partial charge in [0.15, 0.2) is 11.6 Å². The average Bonchev–Trinajstić information content (AvgIpc) is 3.31. The van der Waals surface area contributed by atoms with Crippen molar-refractivity contribution in [1.29, 1.82) is 0 Å². The summed E-state index contributed by atoms with van der Waals surface area (Å²) in [5, 5.41) is 9.04. The van der Waals surface area contributed by atoms with Crippen molar-refractivity contribution in [2.75, 3.05) is 33.9 Å². The minimum atomic E-state index is -0.326. The van der Waals surface area contributed by atoms with Crippen LogP contribution in [0.1, 0.15) is 24.2 Å². The molecule has 1 amide bonds. The third kappa shape index (κ3) is 4.04. The number of carbonyl (C=O) groups is 1. The van der Waals surface area contributed by atoms with E-state index in [4.69, 9.17) is 9.47 Å². The van der Waals surface area contributed by atoms with Gasteiger partial charge in [-0.15, -0.1) is 10.2 Å². The Bertz CT molecular complexity index is 1110. The molecule has 33 heavy (non-hydrogen) atoms. The lowest BCUT2D eigenvalue weighted by Gasteiger charge is -2.48. The number of hydrogen-bond acceptors (Lipinski definition) is 7. The molecule has 1 fully saturated rings. The first-order chi connectivity index (χ1) is 16.1. The van der Waals surface area contributed by atoms with Crippen LogP contribution in [0.25, 0.3) is 11.4 Å². The van der Waals surface area contributed by atoms with Crippen molar-refractivity contribution in [3.63, 3.8) is 0 Å². The largest absolute Gasteiger partial charge is 0.497 e. The van der Waals surface area contributed by atoms with Crippen LogP contribution in [0.5, 0.6) is 5.75 Å². The molecule has 9 nitrogen and oxygen atoms in total. The van der Waals surface area contributed by atoms with Gasteiger partial charge in [-0.25, -0.2) is 4.79 Å². The van der Waals surface area contributed by atoms with Crippen LogP contribution >= 0.6 is 0 Å². The normalized spacial score (nSPS) is 17.6. The van der Waals surface area contributed by atoms with Crippen molar-refractivity contribution in [3.8, 4) is 17.1 Å². The van der Waals surface area contributed by atoms with Crippen molar-refractivity contribution >= 4 is 6.09 Å². The lowest BCUT2D eigenvalue weighted by molar-refractivity contribution is 0.0341. The van der Waals surface area contributed by atoms with E-state index in [1.54, 1.807) is 18.2 Å². The summed E-state index contributed by atoms with van der Waals surface area (Å²) < 4.78 is 12.6. The highest BCUT2D eigenvalue weighted by molar-refractivity contribution is 5.68. The van der Waals surface area contributed by atoms with Gasteiger partial charge in [0, 0.05) is 44.1 Å². The van der Waals surface area contributed by atoms with E-state index in [0.717, 1.165) is 55.4 Å². The number of aromatic nitrogens is 4. The first-order valence-electron chi connectivity index (χ1n) is 11.2. The van der Waals surface area contributed by atoms with E-state index < -0.39 is 0 Å². The van der Waals surface area contributed by atoms with Crippen LogP contribution in [0, 0.1) is 0 Å². The summed E-state index contributed by atoms with van der Waals surface area (Å²) in [6, 6.07) is 12.0. The molecule has 9 heteroatoms. The van der Waals surface area contributed by atoms with Gasteiger partial charge in [-0.2, -0.15) is 0 Å². The standard InChI is InChI=1S/C24H28N6O3/c1-32-20-7-5-19(6-8-20)22-27-26-21-16-29(23(31)33-2)17-24(30(21)22)9-12-28(13-10-24)15-18-4-3-11-25-14-18/h3-8,11,14H,9-10,12-13,15-17H2,1-2H3. The third-order valence-electron chi connectivity index (χ3n) is 6.72. The zero-order valence-electron chi connectivity index (χ0n) is 19.0. The Morgan fingerprint density at radius 1 is 1.09 bits per heavy atom. The Balaban J connectivity index is 1.46. The quantitative estimate of drug-likeness (QED) is 0.607. The highest BCUT2D eigenvalue weighted by Crippen LogP contribution is 2.40. The summed E-state index contributed by atoms with van der Waals surface area (Å²) in [7, 11) is 3.08. The van der Waals surface area contributed by atoms with Crippen LogP contribution in [0.3, 0.4) is 0 Å². The first kappa shape index (κ1) is 21.4. The fraction of sp³-hybridized carbons (Fsp3) is 0.417. The lowest BCUT2D eigenvalue weighted by Crippen LogP contribution is -2.57. The molecule has 1 aromatic carbocycles.